The summed E-state index contributed by atoms with van der Waals surface area (Å²) in [5.74, 6) is 1.90. The normalized spacial score (nSPS) is 11.0. The summed E-state index contributed by atoms with van der Waals surface area (Å²) in [5, 5.41) is 0. The van der Waals surface area contributed by atoms with Crippen molar-refractivity contribution in [3.8, 4) is 101 Å². The third-order valence-electron chi connectivity index (χ3n) is 10.9. The van der Waals surface area contributed by atoms with E-state index in [-0.39, 0.29) is 0 Å². The van der Waals surface area contributed by atoms with Crippen LogP contribution in [0.4, 0.5) is 0 Å². The number of aromatic nitrogens is 3. The van der Waals surface area contributed by atoms with Gasteiger partial charge < -0.3 is 0 Å². The lowest BCUT2D eigenvalue weighted by Gasteiger charge is -2.13. The van der Waals surface area contributed by atoms with E-state index in [1.54, 1.807) is 0 Å². The van der Waals surface area contributed by atoms with Crippen molar-refractivity contribution >= 4 is 0 Å². The summed E-state index contributed by atoms with van der Waals surface area (Å²) in [6, 6.07) is 83.3. The number of nitrogens with zero attached hydrogens (tertiary/aromatic N) is 3. The minimum absolute atomic E-state index is 0.625. The molecule has 1 heterocycles. The molecule has 282 valence electrons. The first-order valence-corrected chi connectivity index (χ1v) is 20.3. The molecule has 0 aliphatic rings. The molecular formula is C57H39N3. The summed E-state index contributed by atoms with van der Waals surface area (Å²) >= 11 is 0. The summed E-state index contributed by atoms with van der Waals surface area (Å²) in [6.45, 7) is 0. The fraction of sp³-hybridized carbons (Fsp3) is 0. The Labute approximate surface area is 351 Å². The third-order valence-corrected chi connectivity index (χ3v) is 10.9. The van der Waals surface area contributed by atoms with Crippen LogP contribution in [0.5, 0.6) is 0 Å². The van der Waals surface area contributed by atoms with Crippen molar-refractivity contribution in [1.29, 1.82) is 0 Å². The fourth-order valence-electron chi connectivity index (χ4n) is 7.78. The number of hydrogen-bond acceptors (Lipinski definition) is 3. The topological polar surface area (TPSA) is 38.7 Å². The maximum absolute atomic E-state index is 5.09. The van der Waals surface area contributed by atoms with Crippen LogP contribution in [0.25, 0.3) is 101 Å². The summed E-state index contributed by atoms with van der Waals surface area (Å²) in [6.07, 6.45) is 0. The Morgan fingerprint density at radius 1 is 0.150 bits per heavy atom. The van der Waals surface area contributed by atoms with Crippen LogP contribution in [-0.2, 0) is 0 Å². The van der Waals surface area contributed by atoms with Gasteiger partial charge in [-0.25, -0.2) is 15.0 Å². The summed E-state index contributed by atoms with van der Waals surface area (Å²) in [5.41, 5.74) is 16.7. The molecular weight excluding hydrogens is 727 g/mol. The Morgan fingerprint density at radius 2 is 0.367 bits per heavy atom. The Morgan fingerprint density at radius 3 is 0.767 bits per heavy atom. The van der Waals surface area contributed by atoms with E-state index in [1.807, 2.05) is 60.7 Å². The highest BCUT2D eigenvalue weighted by Crippen LogP contribution is 2.36. The molecule has 0 amide bonds. The molecule has 0 bridgehead atoms. The molecule has 10 rings (SSSR count). The van der Waals surface area contributed by atoms with Crippen LogP contribution in [0.3, 0.4) is 0 Å². The van der Waals surface area contributed by atoms with E-state index >= 15 is 0 Å². The van der Waals surface area contributed by atoms with Crippen LogP contribution in [0.1, 0.15) is 0 Å². The Hall–Kier alpha value is -8.01. The van der Waals surface area contributed by atoms with Crippen molar-refractivity contribution in [2.75, 3.05) is 0 Å². The second-order valence-electron chi connectivity index (χ2n) is 14.9. The van der Waals surface area contributed by atoms with Gasteiger partial charge in [-0.15, -0.1) is 0 Å². The Bertz CT molecular complexity index is 2990. The summed E-state index contributed by atoms with van der Waals surface area (Å²) in [7, 11) is 0. The molecule has 0 fully saturated rings. The molecule has 0 saturated heterocycles. The molecule has 9 aromatic carbocycles. The first-order chi connectivity index (χ1) is 29.7. The molecule has 3 heteroatoms. The predicted molar refractivity (Wildman–Crippen MR) is 249 cm³/mol. The van der Waals surface area contributed by atoms with Crippen LogP contribution >= 0.6 is 0 Å². The van der Waals surface area contributed by atoms with Crippen LogP contribution in [0.15, 0.2) is 237 Å². The lowest BCUT2D eigenvalue weighted by molar-refractivity contribution is 1.07. The zero-order chi connectivity index (χ0) is 40.1. The lowest BCUT2D eigenvalue weighted by atomic mass is 9.92. The molecule has 0 unspecified atom stereocenters. The van der Waals surface area contributed by atoms with Crippen LogP contribution in [0.2, 0.25) is 0 Å². The van der Waals surface area contributed by atoms with Crippen molar-refractivity contribution in [3.05, 3.63) is 237 Å². The molecule has 0 spiro atoms. The maximum Gasteiger partial charge on any atom is 0.164 e. The number of rotatable bonds is 9. The van der Waals surface area contributed by atoms with Crippen LogP contribution in [-0.4, -0.2) is 15.0 Å². The van der Waals surface area contributed by atoms with Gasteiger partial charge in [-0.05, 0) is 103 Å². The van der Waals surface area contributed by atoms with Gasteiger partial charge in [0.2, 0.25) is 0 Å². The number of benzene rings is 9. The van der Waals surface area contributed by atoms with E-state index in [2.05, 4.69) is 176 Å². The van der Waals surface area contributed by atoms with E-state index in [1.165, 1.54) is 33.4 Å². The second kappa shape index (κ2) is 16.5. The van der Waals surface area contributed by atoms with Crippen LogP contribution < -0.4 is 0 Å². The highest BCUT2D eigenvalue weighted by atomic mass is 15.0. The van der Waals surface area contributed by atoms with Gasteiger partial charge >= 0.3 is 0 Å². The van der Waals surface area contributed by atoms with E-state index in [9.17, 15) is 0 Å². The number of hydrogen-bond donors (Lipinski definition) is 0. The highest BCUT2D eigenvalue weighted by Gasteiger charge is 2.15. The minimum atomic E-state index is 0.625. The van der Waals surface area contributed by atoms with E-state index in [0.29, 0.717) is 17.5 Å². The molecule has 10 aromatic rings. The average molecular weight is 766 g/mol. The van der Waals surface area contributed by atoms with Gasteiger partial charge in [-0.2, -0.15) is 0 Å². The summed E-state index contributed by atoms with van der Waals surface area (Å²) < 4.78 is 0. The maximum atomic E-state index is 5.09. The first kappa shape index (κ1) is 36.3. The van der Waals surface area contributed by atoms with Crippen LogP contribution in [0, 0.1) is 0 Å². The van der Waals surface area contributed by atoms with E-state index in [4.69, 9.17) is 15.0 Å². The molecule has 0 N–H and O–H groups in total. The predicted octanol–water partition coefficient (Wildman–Crippen LogP) is 14.9. The molecule has 1 aromatic heterocycles. The van der Waals surface area contributed by atoms with E-state index < -0.39 is 0 Å². The van der Waals surface area contributed by atoms with Gasteiger partial charge in [0, 0.05) is 16.7 Å². The van der Waals surface area contributed by atoms with E-state index in [0.717, 1.165) is 50.1 Å². The second-order valence-corrected chi connectivity index (χ2v) is 14.9. The van der Waals surface area contributed by atoms with Gasteiger partial charge in [0.25, 0.3) is 0 Å². The monoisotopic (exact) mass is 765 g/mol. The Kier molecular flexibility index (Phi) is 9.97. The SMILES string of the molecule is c1ccc(-c2ccc(-c3cccc(-c4cccc(-c5cccc(-c6cc(-c7ccccc7)cc(-c7nc(-c8ccccc8)nc(-c8ccccc8)n7)c6)c5)c4)c3)cc2)cc1. The Balaban J connectivity index is 1.02. The highest BCUT2D eigenvalue weighted by molar-refractivity contribution is 5.84. The van der Waals surface area contributed by atoms with Crippen molar-refractivity contribution < 1.29 is 0 Å². The molecule has 0 aliphatic heterocycles. The third kappa shape index (κ3) is 7.80. The van der Waals surface area contributed by atoms with Gasteiger partial charge in [-0.1, -0.05) is 200 Å². The molecule has 0 saturated carbocycles. The van der Waals surface area contributed by atoms with Gasteiger partial charge in [0.1, 0.15) is 0 Å². The van der Waals surface area contributed by atoms with Gasteiger partial charge in [-0.3, -0.25) is 0 Å². The standard InChI is InChI=1S/C57H39N3/c1-5-16-40(17-6-1)42-30-32-43(33-31-42)46-24-13-25-47(34-46)48-26-14-27-49(35-48)50-28-15-29-51(36-50)53-37-52(41-18-7-2-8-19-41)38-54(39-53)57-59-55(44-20-9-3-10-21-44)58-56(60-57)45-22-11-4-12-23-45/h1-39H. The molecule has 60 heavy (non-hydrogen) atoms. The van der Waals surface area contributed by atoms with Crippen molar-refractivity contribution in [3.63, 3.8) is 0 Å². The largest absolute Gasteiger partial charge is 0.208 e. The van der Waals surface area contributed by atoms with Gasteiger partial charge in [0.05, 0.1) is 0 Å². The fourth-order valence-corrected chi connectivity index (χ4v) is 7.78. The zero-order valence-corrected chi connectivity index (χ0v) is 32.9. The zero-order valence-electron chi connectivity index (χ0n) is 32.9. The molecule has 3 nitrogen and oxygen atoms in total. The molecule has 0 aliphatic carbocycles. The smallest absolute Gasteiger partial charge is 0.164 e. The van der Waals surface area contributed by atoms with Crippen molar-refractivity contribution in [2.24, 2.45) is 0 Å². The minimum Gasteiger partial charge on any atom is -0.208 e. The first-order valence-electron chi connectivity index (χ1n) is 20.3. The van der Waals surface area contributed by atoms with Crippen molar-refractivity contribution in [2.45, 2.75) is 0 Å². The average Bonchev–Trinajstić information content (AvgIpc) is 3.35. The van der Waals surface area contributed by atoms with Crippen molar-refractivity contribution in [1.82, 2.24) is 15.0 Å². The molecule has 0 radical (unpaired) electrons. The molecule has 0 atom stereocenters. The summed E-state index contributed by atoms with van der Waals surface area (Å²) in [4.78, 5) is 15.1. The van der Waals surface area contributed by atoms with Gasteiger partial charge in [0.15, 0.2) is 17.5 Å². The lowest BCUT2D eigenvalue weighted by Crippen LogP contribution is -2.00. The quantitative estimate of drug-likeness (QED) is 0.147.